The quantitative estimate of drug-likeness (QED) is 0.532. The van der Waals surface area contributed by atoms with Gasteiger partial charge in [-0.05, 0) is 13.0 Å². The Bertz CT molecular complexity index is 101. The van der Waals surface area contributed by atoms with Crippen molar-refractivity contribution in [2.45, 2.75) is 18.4 Å². The van der Waals surface area contributed by atoms with Gasteiger partial charge in [-0.25, -0.2) is 8.78 Å². The van der Waals surface area contributed by atoms with Gasteiger partial charge in [0.25, 0.3) is 6.43 Å². The molecular weight excluding hydrogens is 128 g/mol. The Hall–Kier alpha value is -0.220. The normalized spacial score (nSPS) is 36.0. The van der Waals surface area contributed by atoms with Gasteiger partial charge in [0, 0.05) is 6.54 Å². The molecule has 2 N–H and O–H groups in total. The van der Waals surface area contributed by atoms with Gasteiger partial charge in [-0.3, -0.25) is 0 Å². The van der Waals surface area contributed by atoms with Crippen LogP contribution in [-0.2, 0) is 0 Å². The zero-order chi connectivity index (χ0) is 6.91. The van der Waals surface area contributed by atoms with Crippen LogP contribution in [0.3, 0.4) is 0 Å². The predicted molar refractivity (Wildman–Crippen MR) is 28.4 cm³/mol. The fraction of sp³-hybridized carbons (Fsp3) is 1.00. The lowest BCUT2D eigenvalue weighted by atomic mass is 10.1. The number of alkyl halides is 2. The highest BCUT2D eigenvalue weighted by molar-refractivity contribution is 4.89. The molecule has 1 heterocycles. The Balaban J connectivity index is 2.51. The van der Waals surface area contributed by atoms with Gasteiger partial charge in [-0.1, -0.05) is 0 Å². The van der Waals surface area contributed by atoms with Crippen LogP contribution in [0.1, 0.15) is 6.42 Å². The van der Waals surface area contributed by atoms with Crippen molar-refractivity contribution in [3.63, 3.8) is 0 Å². The topological polar surface area (TPSA) is 32.3 Å². The van der Waals surface area contributed by atoms with E-state index in [2.05, 4.69) is 5.32 Å². The highest BCUT2D eigenvalue weighted by atomic mass is 19.3. The zero-order valence-electron chi connectivity index (χ0n) is 4.90. The maximum Gasteiger partial charge on any atom is 0.268 e. The molecule has 0 aromatic rings. The lowest BCUT2D eigenvalue weighted by molar-refractivity contribution is -0.0812. The summed E-state index contributed by atoms with van der Waals surface area (Å²) < 4.78 is 23.7. The highest BCUT2D eigenvalue weighted by Gasteiger charge is 2.40. The first kappa shape index (κ1) is 6.89. The van der Waals surface area contributed by atoms with Crippen molar-refractivity contribution in [3.8, 4) is 0 Å². The second kappa shape index (κ2) is 2.19. The predicted octanol–water partition coefficient (Wildman–Crippen LogP) is -0.0241. The van der Waals surface area contributed by atoms with Crippen molar-refractivity contribution in [2.75, 3.05) is 13.1 Å². The zero-order valence-corrected chi connectivity index (χ0v) is 4.90. The molecular formula is C5H9F2NO. The van der Waals surface area contributed by atoms with E-state index in [4.69, 9.17) is 5.11 Å². The van der Waals surface area contributed by atoms with Crippen LogP contribution in [0.2, 0.25) is 0 Å². The molecule has 1 rings (SSSR count). The fourth-order valence-corrected chi connectivity index (χ4v) is 0.884. The summed E-state index contributed by atoms with van der Waals surface area (Å²) in [5.74, 6) is 0. The van der Waals surface area contributed by atoms with E-state index < -0.39 is 12.0 Å². The van der Waals surface area contributed by atoms with Gasteiger partial charge in [0.1, 0.15) is 5.60 Å². The Morgan fingerprint density at radius 1 is 1.56 bits per heavy atom. The smallest absolute Gasteiger partial charge is 0.268 e. The number of nitrogens with one attached hydrogen (secondary N) is 1. The first-order valence-electron chi connectivity index (χ1n) is 2.86. The first-order chi connectivity index (χ1) is 4.15. The number of hydrogen-bond acceptors (Lipinski definition) is 2. The van der Waals surface area contributed by atoms with E-state index in [1.54, 1.807) is 0 Å². The Kier molecular flexibility index (Phi) is 1.68. The molecule has 0 bridgehead atoms. The van der Waals surface area contributed by atoms with Crippen molar-refractivity contribution < 1.29 is 13.9 Å². The van der Waals surface area contributed by atoms with E-state index in [0.717, 1.165) is 0 Å². The standard InChI is InChI=1S/C5H9F2NO/c6-4(7)5(9)1-2-8-3-5/h4,8-9H,1-3H2/t5-/m0/s1. The van der Waals surface area contributed by atoms with Gasteiger partial charge in [0.15, 0.2) is 0 Å². The van der Waals surface area contributed by atoms with Crippen LogP contribution >= 0.6 is 0 Å². The molecule has 0 radical (unpaired) electrons. The van der Waals surface area contributed by atoms with E-state index in [1.807, 2.05) is 0 Å². The number of rotatable bonds is 1. The molecule has 0 aromatic heterocycles. The Labute approximate surface area is 51.9 Å². The Morgan fingerprint density at radius 3 is 2.44 bits per heavy atom. The van der Waals surface area contributed by atoms with E-state index in [1.165, 1.54) is 0 Å². The third kappa shape index (κ3) is 1.19. The van der Waals surface area contributed by atoms with Crippen molar-refractivity contribution in [2.24, 2.45) is 0 Å². The summed E-state index contributed by atoms with van der Waals surface area (Å²) in [7, 11) is 0. The van der Waals surface area contributed by atoms with Crippen molar-refractivity contribution >= 4 is 0 Å². The molecule has 1 fully saturated rings. The van der Waals surface area contributed by atoms with Gasteiger partial charge in [0.05, 0.1) is 0 Å². The first-order valence-corrected chi connectivity index (χ1v) is 2.86. The van der Waals surface area contributed by atoms with Crippen LogP contribution in [0.5, 0.6) is 0 Å². The minimum Gasteiger partial charge on any atom is -0.383 e. The number of halogens is 2. The van der Waals surface area contributed by atoms with Crippen LogP contribution in [0.25, 0.3) is 0 Å². The molecule has 4 heteroatoms. The number of β-amino-alcohol motifs (C(OH)–C–C–N with tert-alkyl or cyclic N) is 1. The molecule has 2 nitrogen and oxygen atoms in total. The lowest BCUT2D eigenvalue weighted by Gasteiger charge is -2.18. The molecule has 1 saturated heterocycles. The molecule has 1 atom stereocenters. The van der Waals surface area contributed by atoms with Gasteiger partial charge in [-0.2, -0.15) is 0 Å². The second-order valence-electron chi connectivity index (χ2n) is 2.33. The summed E-state index contributed by atoms with van der Waals surface area (Å²) in [6, 6.07) is 0. The molecule has 0 aliphatic carbocycles. The Morgan fingerprint density at radius 2 is 2.22 bits per heavy atom. The minimum atomic E-state index is -2.62. The lowest BCUT2D eigenvalue weighted by Crippen LogP contribution is -2.39. The summed E-state index contributed by atoms with van der Waals surface area (Å²) in [4.78, 5) is 0. The van der Waals surface area contributed by atoms with Gasteiger partial charge in [-0.15, -0.1) is 0 Å². The summed E-state index contributed by atoms with van der Waals surface area (Å²) in [6.07, 6.45) is -2.46. The van der Waals surface area contributed by atoms with E-state index in [0.29, 0.717) is 6.54 Å². The maximum atomic E-state index is 11.8. The fourth-order valence-electron chi connectivity index (χ4n) is 0.884. The molecule has 9 heavy (non-hydrogen) atoms. The molecule has 0 amide bonds. The van der Waals surface area contributed by atoms with E-state index >= 15 is 0 Å². The molecule has 54 valence electrons. The van der Waals surface area contributed by atoms with Gasteiger partial charge < -0.3 is 10.4 Å². The molecule has 1 aliphatic rings. The van der Waals surface area contributed by atoms with Crippen LogP contribution in [-0.4, -0.2) is 30.2 Å². The average Bonchev–Trinajstić information content (AvgIpc) is 2.16. The second-order valence-corrected chi connectivity index (χ2v) is 2.33. The van der Waals surface area contributed by atoms with Crippen LogP contribution < -0.4 is 5.32 Å². The number of hydrogen-bond donors (Lipinski definition) is 2. The summed E-state index contributed by atoms with van der Waals surface area (Å²) in [6.45, 7) is 0.505. The highest BCUT2D eigenvalue weighted by Crippen LogP contribution is 2.21. The largest absolute Gasteiger partial charge is 0.383 e. The van der Waals surface area contributed by atoms with Crippen LogP contribution in [0, 0.1) is 0 Å². The van der Waals surface area contributed by atoms with Crippen molar-refractivity contribution in [1.29, 1.82) is 0 Å². The van der Waals surface area contributed by atoms with Gasteiger partial charge >= 0.3 is 0 Å². The third-order valence-corrected chi connectivity index (χ3v) is 1.57. The molecule has 1 aliphatic heterocycles. The monoisotopic (exact) mass is 137 g/mol. The number of aliphatic hydroxyl groups is 1. The summed E-state index contributed by atoms with van der Waals surface area (Å²) in [5.41, 5.74) is -1.75. The summed E-state index contributed by atoms with van der Waals surface area (Å²) in [5, 5.41) is 11.6. The third-order valence-electron chi connectivity index (χ3n) is 1.57. The van der Waals surface area contributed by atoms with Gasteiger partial charge in [0.2, 0.25) is 0 Å². The maximum absolute atomic E-state index is 11.8. The molecule has 0 saturated carbocycles. The summed E-state index contributed by atoms with van der Waals surface area (Å²) >= 11 is 0. The molecule has 0 unspecified atom stereocenters. The van der Waals surface area contributed by atoms with E-state index in [9.17, 15) is 8.78 Å². The van der Waals surface area contributed by atoms with E-state index in [-0.39, 0.29) is 13.0 Å². The minimum absolute atomic E-state index is 0.0185. The SMILES string of the molecule is O[C@@]1(C(F)F)CCNC1. The van der Waals surface area contributed by atoms with Crippen molar-refractivity contribution in [1.82, 2.24) is 5.32 Å². The van der Waals surface area contributed by atoms with Crippen LogP contribution in [0.4, 0.5) is 8.78 Å². The average molecular weight is 137 g/mol. The molecule has 0 aromatic carbocycles. The van der Waals surface area contributed by atoms with Crippen molar-refractivity contribution in [3.05, 3.63) is 0 Å². The molecule has 0 spiro atoms. The van der Waals surface area contributed by atoms with Crippen LogP contribution in [0.15, 0.2) is 0 Å².